The molecule has 8 nitrogen and oxygen atoms in total. The molecule has 1 atom stereocenters. The Morgan fingerprint density at radius 1 is 1.28 bits per heavy atom. The Balaban J connectivity index is 1.29. The highest BCUT2D eigenvalue weighted by atomic mass is 16.6. The van der Waals surface area contributed by atoms with Crippen LogP contribution < -0.4 is 0 Å². The van der Waals surface area contributed by atoms with Gasteiger partial charge in [-0.1, -0.05) is 29.4 Å². The Labute approximate surface area is 169 Å². The van der Waals surface area contributed by atoms with E-state index in [1.807, 2.05) is 36.1 Å². The van der Waals surface area contributed by atoms with Gasteiger partial charge >= 0.3 is 6.09 Å². The van der Waals surface area contributed by atoms with Crippen molar-refractivity contribution in [2.45, 2.75) is 44.6 Å². The lowest BCUT2D eigenvalue weighted by molar-refractivity contribution is -0.136. The number of carbonyl (C=O) groups is 2. The Bertz CT molecular complexity index is 912. The van der Waals surface area contributed by atoms with E-state index < -0.39 is 5.60 Å². The van der Waals surface area contributed by atoms with Crippen LogP contribution in [0.3, 0.4) is 0 Å². The number of likely N-dealkylation sites (N-methyl/N-ethyl adjacent to an activating group) is 1. The van der Waals surface area contributed by atoms with Crippen molar-refractivity contribution in [3.8, 4) is 11.4 Å². The summed E-state index contributed by atoms with van der Waals surface area (Å²) in [5.74, 6) is 1.19. The van der Waals surface area contributed by atoms with Gasteiger partial charge in [0.25, 0.3) is 0 Å². The molecular weight excluding hydrogens is 372 g/mol. The molecule has 0 N–H and O–H groups in total. The first-order valence-electron chi connectivity index (χ1n) is 10.1. The predicted molar refractivity (Wildman–Crippen MR) is 105 cm³/mol. The monoisotopic (exact) mass is 398 g/mol. The Morgan fingerprint density at radius 2 is 2.10 bits per heavy atom. The summed E-state index contributed by atoms with van der Waals surface area (Å²) >= 11 is 0. The van der Waals surface area contributed by atoms with Crippen LogP contribution in [0.2, 0.25) is 0 Å². The lowest BCUT2D eigenvalue weighted by Crippen LogP contribution is -2.52. The number of hydrogen-bond acceptors (Lipinski definition) is 6. The summed E-state index contributed by atoms with van der Waals surface area (Å²) in [6.07, 6.45) is 2.94. The van der Waals surface area contributed by atoms with E-state index in [-0.39, 0.29) is 12.0 Å². The van der Waals surface area contributed by atoms with Crippen molar-refractivity contribution in [1.82, 2.24) is 19.9 Å². The number of piperidine rings is 1. The minimum atomic E-state index is -0.547. The van der Waals surface area contributed by atoms with Gasteiger partial charge in [-0.25, -0.2) is 4.79 Å². The number of nitrogens with zero attached hydrogens (tertiary/aromatic N) is 4. The van der Waals surface area contributed by atoms with Crippen molar-refractivity contribution in [2.75, 3.05) is 26.7 Å². The summed E-state index contributed by atoms with van der Waals surface area (Å²) in [5.41, 5.74) is 1.50. The van der Waals surface area contributed by atoms with E-state index in [4.69, 9.17) is 9.26 Å². The molecule has 0 bridgehead atoms. The number of aryl methyl sites for hydroxylation is 2. The van der Waals surface area contributed by atoms with Crippen molar-refractivity contribution in [3.63, 3.8) is 0 Å². The molecule has 29 heavy (non-hydrogen) atoms. The molecule has 2 aliphatic heterocycles. The van der Waals surface area contributed by atoms with Crippen LogP contribution >= 0.6 is 0 Å². The third-order valence-electron chi connectivity index (χ3n) is 5.67. The summed E-state index contributed by atoms with van der Waals surface area (Å²) in [6.45, 7) is 3.73. The van der Waals surface area contributed by atoms with Crippen LogP contribution in [0, 0.1) is 6.92 Å². The van der Waals surface area contributed by atoms with Gasteiger partial charge in [0.1, 0.15) is 5.60 Å². The van der Waals surface area contributed by atoms with Crippen LogP contribution in [0.4, 0.5) is 4.79 Å². The number of likely N-dealkylation sites (tertiary alicyclic amines) is 1. The van der Waals surface area contributed by atoms with Crippen LogP contribution in [-0.2, 0) is 16.0 Å². The quantitative estimate of drug-likeness (QED) is 0.769. The number of aromatic nitrogens is 2. The minimum absolute atomic E-state index is 0.0771. The topological polar surface area (TPSA) is 88.8 Å². The van der Waals surface area contributed by atoms with E-state index in [1.165, 1.54) is 0 Å². The number of rotatable bonds is 5. The maximum Gasteiger partial charge on any atom is 0.410 e. The SMILES string of the molecule is Cc1ccccc1-c1noc(CCCC(=O)N2CCC[C@@]3(CN(C)C(=O)O3)C2)n1. The number of benzene rings is 1. The minimum Gasteiger partial charge on any atom is -0.439 e. The summed E-state index contributed by atoms with van der Waals surface area (Å²) < 4.78 is 10.9. The van der Waals surface area contributed by atoms with Gasteiger partial charge in [-0.05, 0) is 31.7 Å². The first-order chi connectivity index (χ1) is 14.0. The molecule has 2 fully saturated rings. The van der Waals surface area contributed by atoms with E-state index >= 15 is 0 Å². The Hall–Kier alpha value is -2.90. The highest BCUT2D eigenvalue weighted by Crippen LogP contribution is 2.31. The molecule has 1 spiro atoms. The molecule has 0 radical (unpaired) electrons. The smallest absolute Gasteiger partial charge is 0.410 e. The summed E-state index contributed by atoms with van der Waals surface area (Å²) in [4.78, 5) is 32.3. The fraction of sp³-hybridized carbons (Fsp3) is 0.524. The molecule has 2 amide bonds. The maximum atomic E-state index is 12.7. The van der Waals surface area contributed by atoms with Crippen LogP contribution in [0.25, 0.3) is 11.4 Å². The van der Waals surface area contributed by atoms with E-state index in [1.54, 1.807) is 11.9 Å². The van der Waals surface area contributed by atoms with Gasteiger partial charge in [-0.2, -0.15) is 4.98 Å². The number of hydrogen-bond donors (Lipinski definition) is 0. The number of carbonyl (C=O) groups excluding carboxylic acids is 2. The van der Waals surface area contributed by atoms with E-state index in [2.05, 4.69) is 10.1 Å². The average molecular weight is 398 g/mol. The van der Waals surface area contributed by atoms with Gasteiger partial charge in [0.2, 0.25) is 17.6 Å². The zero-order valence-electron chi connectivity index (χ0n) is 16.9. The molecule has 2 aliphatic rings. The lowest BCUT2D eigenvalue weighted by Gasteiger charge is -2.38. The molecule has 0 saturated carbocycles. The largest absolute Gasteiger partial charge is 0.439 e. The molecule has 1 aromatic carbocycles. The summed E-state index contributed by atoms with van der Waals surface area (Å²) in [5, 5.41) is 4.06. The normalized spacial score (nSPS) is 21.7. The zero-order valence-corrected chi connectivity index (χ0v) is 16.9. The van der Waals surface area contributed by atoms with Crippen molar-refractivity contribution >= 4 is 12.0 Å². The first kappa shape index (κ1) is 19.4. The molecule has 0 aliphatic carbocycles. The zero-order chi connectivity index (χ0) is 20.4. The van der Waals surface area contributed by atoms with Crippen LogP contribution in [0.1, 0.15) is 37.1 Å². The molecule has 1 aromatic heterocycles. The molecule has 0 unspecified atom stereocenters. The fourth-order valence-electron chi connectivity index (χ4n) is 4.15. The van der Waals surface area contributed by atoms with Gasteiger partial charge in [-0.15, -0.1) is 0 Å². The fourth-order valence-corrected chi connectivity index (χ4v) is 4.15. The first-order valence-corrected chi connectivity index (χ1v) is 10.1. The summed E-state index contributed by atoms with van der Waals surface area (Å²) in [6, 6.07) is 7.89. The molecule has 8 heteroatoms. The van der Waals surface area contributed by atoms with Gasteiger partial charge in [0.05, 0.1) is 13.1 Å². The highest BCUT2D eigenvalue weighted by Gasteiger charge is 2.47. The highest BCUT2D eigenvalue weighted by molar-refractivity contribution is 5.77. The molecule has 4 rings (SSSR count). The van der Waals surface area contributed by atoms with Crippen LogP contribution in [-0.4, -0.2) is 64.2 Å². The van der Waals surface area contributed by atoms with Crippen molar-refractivity contribution in [3.05, 3.63) is 35.7 Å². The number of ether oxygens (including phenoxy) is 1. The molecule has 3 heterocycles. The predicted octanol–water partition coefficient (Wildman–Crippen LogP) is 2.81. The van der Waals surface area contributed by atoms with Crippen molar-refractivity contribution in [2.24, 2.45) is 0 Å². The maximum absolute atomic E-state index is 12.7. The van der Waals surface area contributed by atoms with E-state index in [9.17, 15) is 9.59 Å². The second-order valence-corrected chi connectivity index (χ2v) is 8.01. The second-order valence-electron chi connectivity index (χ2n) is 8.01. The van der Waals surface area contributed by atoms with Crippen molar-refractivity contribution in [1.29, 1.82) is 0 Å². The van der Waals surface area contributed by atoms with Gasteiger partial charge < -0.3 is 19.1 Å². The number of amides is 2. The van der Waals surface area contributed by atoms with E-state index in [0.717, 1.165) is 24.0 Å². The third-order valence-corrected chi connectivity index (χ3v) is 5.67. The average Bonchev–Trinajstić information content (AvgIpc) is 3.26. The van der Waals surface area contributed by atoms with Gasteiger partial charge in [0, 0.05) is 32.0 Å². The molecule has 2 saturated heterocycles. The Kier molecular flexibility index (Phi) is 5.25. The summed E-state index contributed by atoms with van der Waals surface area (Å²) in [7, 11) is 1.73. The van der Waals surface area contributed by atoms with Crippen LogP contribution in [0.15, 0.2) is 28.8 Å². The molecular formula is C21H26N4O4. The van der Waals surface area contributed by atoms with Gasteiger partial charge in [0.15, 0.2) is 0 Å². The van der Waals surface area contributed by atoms with Gasteiger partial charge in [-0.3, -0.25) is 4.79 Å². The van der Waals surface area contributed by atoms with Crippen molar-refractivity contribution < 1.29 is 18.8 Å². The standard InChI is InChI=1S/C21H26N4O4/c1-15-7-3-4-8-16(15)19-22-17(29-23-19)9-5-10-18(26)25-12-6-11-21(14-25)13-24(2)20(27)28-21/h3-4,7-8H,5-6,9-14H2,1-2H3/t21-/m1/s1. The molecule has 154 valence electrons. The van der Waals surface area contributed by atoms with Crippen LogP contribution in [0.5, 0.6) is 0 Å². The van der Waals surface area contributed by atoms with E-state index in [0.29, 0.717) is 50.6 Å². The Morgan fingerprint density at radius 3 is 2.86 bits per heavy atom. The third kappa shape index (κ3) is 4.11. The lowest BCUT2D eigenvalue weighted by atomic mass is 9.92. The molecule has 2 aromatic rings. The second kappa shape index (κ2) is 7.85.